The molecule has 1 aromatic rings. The van der Waals surface area contributed by atoms with E-state index in [9.17, 15) is 9.18 Å². The number of carbonyl (C=O) groups excluding carboxylic acids is 1. The Balaban J connectivity index is 2.10. The van der Waals surface area contributed by atoms with Crippen molar-refractivity contribution >= 4 is 5.91 Å². The first-order valence-corrected chi connectivity index (χ1v) is 7.24. The summed E-state index contributed by atoms with van der Waals surface area (Å²) in [5.74, 6) is 0.386. The van der Waals surface area contributed by atoms with E-state index in [0.717, 1.165) is 12.0 Å². The molecule has 2 atom stereocenters. The molecule has 1 aliphatic heterocycles. The van der Waals surface area contributed by atoms with Gasteiger partial charge < -0.3 is 10.6 Å². The monoisotopic (exact) mass is 278 g/mol. The van der Waals surface area contributed by atoms with E-state index in [-0.39, 0.29) is 23.7 Å². The number of hydrogen-bond acceptors (Lipinski definition) is 2. The van der Waals surface area contributed by atoms with Crippen molar-refractivity contribution in [2.45, 2.75) is 38.6 Å². The molecule has 1 saturated heterocycles. The highest BCUT2D eigenvalue weighted by Crippen LogP contribution is 2.27. The molecule has 1 fully saturated rings. The van der Waals surface area contributed by atoms with Crippen LogP contribution in [0.5, 0.6) is 0 Å². The minimum atomic E-state index is -0.235. The van der Waals surface area contributed by atoms with E-state index in [2.05, 4.69) is 0 Å². The maximum Gasteiger partial charge on any atom is 0.222 e. The lowest BCUT2D eigenvalue weighted by Crippen LogP contribution is -2.48. The van der Waals surface area contributed by atoms with Gasteiger partial charge in [-0.15, -0.1) is 0 Å². The predicted octanol–water partition coefficient (Wildman–Crippen LogP) is 2.52. The van der Waals surface area contributed by atoms with Crippen LogP contribution >= 0.6 is 0 Å². The quantitative estimate of drug-likeness (QED) is 0.923. The summed E-state index contributed by atoms with van der Waals surface area (Å²) in [6.07, 6.45) is 1.34. The fourth-order valence-electron chi connectivity index (χ4n) is 2.82. The van der Waals surface area contributed by atoms with Gasteiger partial charge in [-0.05, 0) is 30.0 Å². The molecule has 3 nitrogen and oxygen atoms in total. The molecule has 2 rings (SSSR count). The number of hydrogen-bond donors (Lipinski definition) is 1. The topological polar surface area (TPSA) is 46.3 Å². The van der Waals surface area contributed by atoms with Gasteiger partial charge in [0.1, 0.15) is 5.82 Å². The molecular weight excluding hydrogens is 255 g/mol. The molecule has 1 aliphatic rings. The molecule has 0 aromatic heterocycles. The fraction of sp³-hybridized carbons (Fsp3) is 0.562. The lowest BCUT2D eigenvalue weighted by molar-refractivity contribution is -0.133. The van der Waals surface area contributed by atoms with Crippen molar-refractivity contribution in [3.8, 4) is 0 Å². The second-order valence-electron chi connectivity index (χ2n) is 6.14. The van der Waals surface area contributed by atoms with Gasteiger partial charge in [0.15, 0.2) is 0 Å². The van der Waals surface area contributed by atoms with Crippen LogP contribution < -0.4 is 5.73 Å². The van der Waals surface area contributed by atoms with E-state index in [4.69, 9.17) is 5.73 Å². The third-order valence-corrected chi connectivity index (χ3v) is 3.74. The fourth-order valence-corrected chi connectivity index (χ4v) is 2.82. The third-order valence-electron chi connectivity index (χ3n) is 3.74. The zero-order valence-electron chi connectivity index (χ0n) is 12.2. The summed E-state index contributed by atoms with van der Waals surface area (Å²) < 4.78 is 13.3. The standard InChI is InChI=1S/C16H23FN2O/c1-11(2)6-16(20)19-9-13(8-15(18)10-19)12-4-3-5-14(17)7-12/h3-5,7,11,13,15H,6,8-10,18H2,1-2H3. The zero-order chi connectivity index (χ0) is 14.7. The molecule has 0 spiro atoms. The first kappa shape index (κ1) is 15.0. The minimum absolute atomic E-state index is 0.0341. The number of nitrogens with zero attached hydrogens (tertiary/aromatic N) is 1. The third kappa shape index (κ3) is 3.79. The maximum absolute atomic E-state index is 13.3. The molecule has 2 unspecified atom stereocenters. The lowest BCUT2D eigenvalue weighted by Gasteiger charge is -2.37. The predicted molar refractivity (Wildman–Crippen MR) is 77.8 cm³/mol. The number of nitrogens with two attached hydrogens (primary N) is 1. The van der Waals surface area contributed by atoms with Crippen molar-refractivity contribution in [1.82, 2.24) is 4.90 Å². The number of amides is 1. The zero-order valence-corrected chi connectivity index (χ0v) is 12.2. The summed E-state index contributed by atoms with van der Waals surface area (Å²) in [6, 6.07) is 6.58. The number of carbonyl (C=O) groups is 1. The molecule has 0 bridgehead atoms. The Kier molecular flexibility index (Phi) is 4.76. The van der Waals surface area contributed by atoms with Crippen LogP contribution in [0.3, 0.4) is 0 Å². The number of piperidine rings is 1. The molecule has 1 heterocycles. The molecule has 0 saturated carbocycles. The summed E-state index contributed by atoms with van der Waals surface area (Å²) >= 11 is 0. The SMILES string of the molecule is CC(C)CC(=O)N1CC(N)CC(c2cccc(F)c2)C1. The van der Waals surface area contributed by atoms with Crippen LogP contribution in [-0.2, 0) is 4.79 Å². The Morgan fingerprint density at radius 2 is 2.20 bits per heavy atom. The van der Waals surface area contributed by atoms with E-state index < -0.39 is 0 Å². The summed E-state index contributed by atoms with van der Waals surface area (Å²) in [5.41, 5.74) is 7.00. The molecule has 4 heteroatoms. The van der Waals surface area contributed by atoms with Gasteiger partial charge in [0, 0.05) is 31.5 Å². The van der Waals surface area contributed by atoms with Gasteiger partial charge in [-0.3, -0.25) is 4.79 Å². The van der Waals surface area contributed by atoms with Crippen LogP contribution in [0.15, 0.2) is 24.3 Å². The Hall–Kier alpha value is -1.42. The Morgan fingerprint density at radius 1 is 1.45 bits per heavy atom. The van der Waals surface area contributed by atoms with Gasteiger partial charge in [0.2, 0.25) is 5.91 Å². The summed E-state index contributed by atoms with van der Waals surface area (Å²) in [4.78, 5) is 14.0. The normalized spacial score (nSPS) is 23.1. The Bertz CT molecular complexity index is 475. The minimum Gasteiger partial charge on any atom is -0.341 e. The van der Waals surface area contributed by atoms with Crippen LogP contribution in [0.1, 0.15) is 38.2 Å². The largest absolute Gasteiger partial charge is 0.341 e. The van der Waals surface area contributed by atoms with Crippen LogP contribution in [-0.4, -0.2) is 29.9 Å². The second-order valence-corrected chi connectivity index (χ2v) is 6.14. The van der Waals surface area contributed by atoms with E-state index in [1.807, 2.05) is 24.8 Å². The Morgan fingerprint density at radius 3 is 2.85 bits per heavy atom. The van der Waals surface area contributed by atoms with E-state index in [1.165, 1.54) is 6.07 Å². The average molecular weight is 278 g/mol. The van der Waals surface area contributed by atoms with Crippen LogP contribution in [0.25, 0.3) is 0 Å². The van der Waals surface area contributed by atoms with Crippen molar-refractivity contribution < 1.29 is 9.18 Å². The van der Waals surface area contributed by atoms with E-state index in [1.54, 1.807) is 12.1 Å². The highest BCUT2D eigenvalue weighted by Gasteiger charge is 2.29. The molecule has 1 aromatic carbocycles. The first-order chi connectivity index (χ1) is 9.45. The van der Waals surface area contributed by atoms with Crippen molar-refractivity contribution in [1.29, 1.82) is 0 Å². The van der Waals surface area contributed by atoms with Gasteiger partial charge >= 0.3 is 0 Å². The highest BCUT2D eigenvalue weighted by atomic mass is 19.1. The lowest BCUT2D eigenvalue weighted by atomic mass is 9.88. The first-order valence-electron chi connectivity index (χ1n) is 7.24. The van der Waals surface area contributed by atoms with Crippen molar-refractivity contribution in [2.75, 3.05) is 13.1 Å². The van der Waals surface area contributed by atoms with E-state index >= 15 is 0 Å². The van der Waals surface area contributed by atoms with Crippen LogP contribution in [0, 0.1) is 11.7 Å². The average Bonchev–Trinajstić information content (AvgIpc) is 2.37. The summed E-state index contributed by atoms with van der Waals surface area (Å²) in [5, 5.41) is 0. The van der Waals surface area contributed by atoms with Crippen molar-refractivity contribution in [3.05, 3.63) is 35.6 Å². The van der Waals surface area contributed by atoms with E-state index in [0.29, 0.717) is 25.4 Å². The van der Waals surface area contributed by atoms with Crippen LogP contribution in [0.2, 0.25) is 0 Å². The number of rotatable bonds is 3. The summed E-state index contributed by atoms with van der Waals surface area (Å²) in [7, 11) is 0. The molecule has 20 heavy (non-hydrogen) atoms. The van der Waals surface area contributed by atoms with Crippen molar-refractivity contribution in [3.63, 3.8) is 0 Å². The maximum atomic E-state index is 13.3. The highest BCUT2D eigenvalue weighted by molar-refractivity contribution is 5.76. The van der Waals surface area contributed by atoms with Crippen LogP contribution in [0.4, 0.5) is 4.39 Å². The molecule has 2 N–H and O–H groups in total. The number of benzene rings is 1. The second kappa shape index (κ2) is 6.35. The molecule has 0 aliphatic carbocycles. The number of likely N-dealkylation sites (tertiary alicyclic amines) is 1. The molecular formula is C16H23FN2O. The number of halogens is 1. The Labute approximate surface area is 120 Å². The van der Waals surface area contributed by atoms with Crippen molar-refractivity contribution in [2.24, 2.45) is 11.7 Å². The van der Waals surface area contributed by atoms with Gasteiger partial charge in [0.05, 0.1) is 0 Å². The van der Waals surface area contributed by atoms with Gasteiger partial charge in [0.25, 0.3) is 0 Å². The molecule has 110 valence electrons. The van der Waals surface area contributed by atoms with Gasteiger partial charge in [-0.1, -0.05) is 26.0 Å². The summed E-state index contributed by atoms with van der Waals surface area (Å²) in [6.45, 7) is 5.32. The van der Waals surface area contributed by atoms with Gasteiger partial charge in [-0.25, -0.2) is 4.39 Å². The molecule has 0 radical (unpaired) electrons. The smallest absolute Gasteiger partial charge is 0.222 e. The van der Waals surface area contributed by atoms with Gasteiger partial charge in [-0.2, -0.15) is 0 Å². The molecule has 1 amide bonds.